The molecule has 0 saturated heterocycles. The fraction of sp³-hybridized carbons (Fsp3) is 0.929. The molecule has 2 aliphatic carbocycles. The van der Waals surface area contributed by atoms with E-state index in [4.69, 9.17) is 0 Å². The number of hydrogen-bond donors (Lipinski definition) is 2. The smallest absolute Gasteiger partial charge is 0.307 e. The first kappa shape index (κ1) is 12.9. The van der Waals surface area contributed by atoms with E-state index >= 15 is 0 Å². The highest BCUT2D eigenvalue weighted by atomic mass is 16.4. The summed E-state index contributed by atoms with van der Waals surface area (Å²) < 4.78 is 0. The van der Waals surface area contributed by atoms with Gasteiger partial charge in [0.05, 0.1) is 5.92 Å². The molecule has 2 fully saturated rings. The number of hydrogen-bond acceptors (Lipinski definition) is 2. The highest BCUT2D eigenvalue weighted by molar-refractivity contribution is 5.71. The van der Waals surface area contributed by atoms with Gasteiger partial charge in [-0.2, -0.15) is 0 Å². The summed E-state index contributed by atoms with van der Waals surface area (Å²) in [7, 11) is 0. The topological polar surface area (TPSA) is 49.3 Å². The molecular weight excluding hydrogens is 214 g/mol. The Labute approximate surface area is 104 Å². The van der Waals surface area contributed by atoms with Crippen molar-refractivity contribution in [2.24, 2.45) is 23.2 Å². The van der Waals surface area contributed by atoms with Crippen molar-refractivity contribution in [2.75, 3.05) is 6.54 Å². The molecule has 17 heavy (non-hydrogen) atoms. The Balaban J connectivity index is 1.96. The third kappa shape index (κ3) is 2.65. The molecule has 2 saturated carbocycles. The lowest BCUT2D eigenvalue weighted by Gasteiger charge is -2.46. The molecule has 2 rings (SSSR count). The highest BCUT2D eigenvalue weighted by Crippen LogP contribution is 2.45. The monoisotopic (exact) mass is 239 g/mol. The minimum atomic E-state index is -0.623. The molecule has 2 N–H and O–H groups in total. The van der Waals surface area contributed by atoms with E-state index in [0.29, 0.717) is 12.0 Å². The van der Waals surface area contributed by atoms with E-state index in [1.54, 1.807) is 0 Å². The van der Waals surface area contributed by atoms with Crippen LogP contribution in [0.5, 0.6) is 0 Å². The normalized spacial score (nSPS) is 36.8. The molecule has 0 heterocycles. The van der Waals surface area contributed by atoms with Crippen LogP contribution in [0.25, 0.3) is 0 Å². The second-order valence-electron chi connectivity index (χ2n) is 6.54. The largest absolute Gasteiger partial charge is 0.481 e. The van der Waals surface area contributed by atoms with E-state index < -0.39 is 5.97 Å². The molecule has 0 amide bonds. The molecule has 3 unspecified atom stereocenters. The van der Waals surface area contributed by atoms with Crippen LogP contribution in [0.2, 0.25) is 0 Å². The first-order valence-electron chi connectivity index (χ1n) is 6.89. The summed E-state index contributed by atoms with van der Waals surface area (Å²) in [5.74, 6) is 0.512. The van der Waals surface area contributed by atoms with E-state index in [9.17, 15) is 9.90 Å². The standard InChI is InChI=1S/C14H25NO2/c1-9-12(15-8-10-4-5-10)7-6-11(13(16)17)14(9,2)3/h9-12,15H,4-8H2,1-3H3,(H,16,17). The van der Waals surface area contributed by atoms with Crippen LogP contribution in [-0.4, -0.2) is 23.7 Å². The maximum Gasteiger partial charge on any atom is 0.307 e. The Hall–Kier alpha value is -0.570. The van der Waals surface area contributed by atoms with Crippen molar-refractivity contribution in [3.8, 4) is 0 Å². The zero-order valence-electron chi connectivity index (χ0n) is 11.2. The first-order chi connectivity index (χ1) is 7.93. The Morgan fingerprint density at radius 3 is 2.47 bits per heavy atom. The van der Waals surface area contributed by atoms with E-state index in [-0.39, 0.29) is 11.3 Å². The van der Waals surface area contributed by atoms with Crippen molar-refractivity contribution in [3.63, 3.8) is 0 Å². The van der Waals surface area contributed by atoms with Gasteiger partial charge in [-0.1, -0.05) is 20.8 Å². The van der Waals surface area contributed by atoms with Crippen molar-refractivity contribution in [1.29, 1.82) is 0 Å². The molecule has 0 aromatic rings. The van der Waals surface area contributed by atoms with Crippen LogP contribution in [0.1, 0.15) is 46.5 Å². The van der Waals surface area contributed by atoms with Gasteiger partial charge in [0.25, 0.3) is 0 Å². The Bertz CT molecular complexity index is 297. The second-order valence-corrected chi connectivity index (χ2v) is 6.54. The Morgan fingerprint density at radius 2 is 1.94 bits per heavy atom. The van der Waals surface area contributed by atoms with E-state index in [0.717, 1.165) is 25.3 Å². The van der Waals surface area contributed by atoms with Gasteiger partial charge in [-0.25, -0.2) is 0 Å². The number of carbonyl (C=O) groups is 1. The summed E-state index contributed by atoms with van der Waals surface area (Å²) >= 11 is 0. The zero-order chi connectivity index (χ0) is 12.6. The minimum absolute atomic E-state index is 0.106. The fourth-order valence-corrected chi connectivity index (χ4v) is 3.16. The van der Waals surface area contributed by atoms with E-state index in [2.05, 4.69) is 26.1 Å². The number of aliphatic carboxylic acids is 1. The van der Waals surface area contributed by atoms with Gasteiger partial charge in [0.1, 0.15) is 0 Å². The summed E-state index contributed by atoms with van der Waals surface area (Å²) in [6.45, 7) is 7.56. The van der Waals surface area contributed by atoms with Crippen LogP contribution in [-0.2, 0) is 4.79 Å². The number of nitrogens with one attached hydrogen (secondary N) is 1. The summed E-state index contributed by atoms with van der Waals surface area (Å²) in [5, 5.41) is 12.9. The van der Waals surface area contributed by atoms with Crippen molar-refractivity contribution in [2.45, 2.75) is 52.5 Å². The van der Waals surface area contributed by atoms with Crippen LogP contribution in [0.3, 0.4) is 0 Å². The van der Waals surface area contributed by atoms with Crippen LogP contribution >= 0.6 is 0 Å². The lowest BCUT2D eigenvalue weighted by molar-refractivity contribution is -0.150. The first-order valence-corrected chi connectivity index (χ1v) is 6.89. The summed E-state index contributed by atoms with van der Waals surface area (Å²) in [6.07, 6.45) is 4.56. The zero-order valence-corrected chi connectivity index (χ0v) is 11.2. The van der Waals surface area contributed by atoms with Crippen LogP contribution in [0, 0.1) is 23.2 Å². The van der Waals surface area contributed by atoms with Gasteiger partial charge in [0, 0.05) is 6.04 Å². The summed E-state index contributed by atoms with van der Waals surface area (Å²) in [4.78, 5) is 11.3. The quantitative estimate of drug-likeness (QED) is 0.792. The van der Waals surface area contributed by atoms with Crippen molar-refractivity contribution in [3.05, 3.63) is 0 Å². The molecule has 0 aliphatic heterocycles. The maximum atomic E-state index is 11.3. The molecule has 3 nitrogen and oxygen atoms in total. The molecule has 0 aromatic carbocycles. The number of carboxylic acid groups (broad SMARTS) is 1. The number of rotatable bonds is 4. The van der Waals surface area contributed by atoms with Gasteiger partial charge in [-0.3, -0.25) is 4.79 Å². The van der Waals surface area contributed by atoms with Crippen molar-refractivity contribution >= 4 is 5.97 Å². The van der Waals surface area contributed by atoms with Gasteiger partial charge in [0.2, 0.25) is 0 Å². The average Bonchev–Trinajstić information content (AvgIpc) is 3.03. The molecule has 0 radical (unpaired) electrons. The van der Waals surface area contributed by atoms with Crippen molar-refractivity contribution in [1.82, 2.24) is 5.32 Å². The number of carboxylic acids is 1. The lowest BCUT2D eigenvalue weighted by atomic mass is 9.61. The minimum Gasteiger partial charge on any atom is -0.481 e. The lowest BCUT2D eigenvalue weighted by Crippen LogP contribution is -2.51. The Kier molecular flexibility index (Phi) is 3.48. The Morgan fingerprint density at radius 1 is 1.29 bits per heavy atom. The van der Waals surface area contributed by atoms with Crippen LogP contribution in [0.15, 0.2) is 0 Å². The van der Waals surface area contributed by atoms with Gasteiger partial charge in [-0.15, -0.1) is 0 Å². The second kappa shape index (κ2) is 4.60. The predicted octanol–water partition coefficient (Wildman–Crippen LogP) is 2.51. The summed E-state index contributed by atoms with van der Waals surface area (Å²) in [6, 6.07) is 0.501. The third-order valence-electron chi connectivity index (χ3n) is 5.11. The SMILES string of the molecule is CC1C(NCC2CC2)CCC(C(=O)O)C1(C)C. The van der Waals surface area contributed by atoms with E-state index in [1.807, 2.05) is 0 Å². The fourth-order valence-electron chi connectivity index (χ4n) is 3.16. The molecule has 0 bridgehead atoms. The van der Waals surface area contributed by atoms with Gasteiger partial charge in [-0.05, 0) is 49.5 Å². The molecule has 0 aromatic heterocycles. The highest BCUT2D eigenvalue weighted by Gasteiger charge is 2.46. The maximum absolute atomic E-state index is 11.3. The molecule has 0 spiro atoms. The predicted molar refractivity (Wildman–Crippen MR) is 67.8 cm³/mol. The molecular formula is C14H25NO2. The van der Waals surface area contributed by atoms with Gasteiger partial charge < -0.3 is 10.4 Å². The molecule has 98 valence electrons. The van der Waals surface area contributed by atoms with Crippen LogP contribution < -0.4 is 5.32 Å². The van der Waals surface area contributed by atoms with Crippen LogP contribution in [0.4, 0.5) is 0 Å². The molecule has 3 atom stereocenters. The molecule has 2 aliphatic rings. The summed E-state index contributed by atoms with van der Waals surface area (Å²) in [5.41, 5.74) is -0.106. The molecule has 3 heteroatoms. The third-order valence-corrected chi connectivity index (χ3v) is 5.11. The van der Waals surface area contributed by atoms with E-state index in [1.165, 1.54) is 12.8 Å². The van der Waals surface area contributed by atoms with Gasteiger partial charge >= 0.3 is 5.97 Å². The average molecular weight is 239 g/mol. The van der Waals surface area contributed by atoms with Crippen molar-refractivity contribution < 1.29 is 9.90 Å². The van der Waals surface area contributed by atoms with Gasteiger partial charge in [0.15, 0.2) is 0 Å².